The van der Waals surface area contributed by atoms with E-state index < -0.39 is 5.72 Å². The fourth-order valence-electron chi connectivity index (χ4n) is 3.42. The van der Waals surface area contributed by atoms with E-state index in [-0.39, 0.29) is 17.3 Å². The molecule has 24 heavy (non-hydrogen) atoms. The fourth-order valence-corrected chi connectivity index (χ4v) is 3.42. The van der Waals surface area contributed by atoms with Gasteiger partial charge in [0.15, 0.2) is 11.5 Å². The molecule has 0 fully saturated rings. The van der Waals surface area contributed by atoms with Gasteiger partial charge in [-0.05, 0) is 32.8 Å². The van der Waals surface area contributed by atoms with Crippen LogP contribution in [0, 0.1) is 0 Å². The van der Waals surface area contributed by atoms with Crippen LogP contribution in [-0.2, 0) is 9.59 Å². The summed E-state index contributed by atoms with van der Waals surface area (Å²) in [4.78, 5) is 25.4. The summed E-state index contributed by atoms with van der Waals surface area (Å²) < 4.78 is 0. The Labute approximate surface area is 147 Å². The Bertz CT molecular complexity index is 466. The Morgan fingerprint density at radius 3 is 1.88 bits per heavy atom. The second-order valence-electron chi connectivity index (χ2n) is 7.22. The summed E-state index contributed by atoms with van der Waals surface area (Å²) in [6.45, 7) is 7.41. The number of hydrogen-bond acceptors (Lipinski definition) is 3. The van der Waals surface area contributed by atoms with Gasteiger partial charge in [0.25, 0.3) is 5.91 Å². The SMILES string of the molecule is CCCCCCCCCCCCN1C(=O)C(C(C)=O)=C(C)C1(C)O. The zero-order valence-corrected chi connectivity index (χ0v) is 16.0. The molecular formula is C20H35NO3. The minimum absolute atomic E-state index is 0.159. The van der Waals surface area contributed by atoms with Crippen LogP contribution >= 0.6 is 0 Å². The third-order valence-electron chi connectivity index (χ3n) is 5.16. The smallest absolute Gasteiger partial charge is 0.260 e. The van der Waals surface area contributed by atoms with E-state index in [4.69, 9.17) is 0 Å². The fraction of sp³-hybridized carbons (Fsp3) is 0.800. The minimum Gasteiger partial charge on any atom is -0.367 e. The molecule has 0 aromatic heterocycles. The van der Waals surface area contributed by atoms with Gasteiger partial charge in [-0.3, -0.25) is 9.59 Å². The van der Waals surface area contributed by atoms with Gasteiger partial charge in [-0.1, -0.05) is 64.7 Å². The van der Waals surface area contributed by atoms with E-state index >= 15 is 0 Å². The molecule has 1 atom stereocenters. The van der Waals surface area contributed by atoms with Crippen molar-refractivity contribution in [2.45, 2.75) is 97.6 Å². The molecule has 0 bridgehead atoms. The van der Waals surface area contributed by atoms with Crippen molar-refractivity contribution in [2.24, 2.45) is 0 Å². The van der Waals surface area contributed by atoms with Crippen LogP contribution < -0.4 is 0 Å². The second kappa shape index (κ2) is 9.97. The molecule has 1 aliphatic heterocycles. The van der Waals surface area contributed by atoms with Crippen molar-refractivity contribution in [2.75, 3.05) is 6.54 Å². The van der Waals surface area contributed by atoms with Crippen LogP contribution in [0.1, 0.15) is 91.9 Å². The average molecular weight is 338 g/mol. The van der Waals surface area contributed by atoms with E-state index in [9.17, 15) is 14.7 Å². The molecule has 0 spiro atoms. The molecule has 138 valence electrons. The Kier molecular flexibility index (Phi) is 8.68. The van der Waals surface area contributed by atoms with Gasteiger partial charge in [0.05, 0.1) is 5.57 Å². The second-order valence-corrected chi connectivity index (χ2v) is 7.22. The lowest BCUT2D eigenvalue weighted by Crippen LogP contribution is -2.46. The lowest BCUT2D eigenvalue weighted by Gasteiger charge is -2.31. The number of unbranched alkanes of at least 4 members (excludes halogenated alkanes) is 9. The first-order valence-corrected chi connectivity index (χ1v) is 9.60. The van der Waals surface area contributed by atoms with E-state index in [1.807, 2.05) is 0 Å². The van der Waals surface area contributed by atoms with E-state index in [0.717, 1.165) is 12.8 Å². The number of carbonyl (C=O) groups is 2. The molecule has 0 aliphatic carbocycles. The standard InChI is InChI=1S/C20H35NO3/c1-5-6-7-8-9-10-11-12-13-14-15-21-19(23)18(17(3)22)16(2)20(21,4)24/h24H,5-15H2,1-4H3. The van der Waals surface area contributed by atoms with Crippen LogP contribution in [0.5, 0.6) is 0 Å². The van der Waals surface area contributed by atoms with E-state index in [0.29, 0.717) is 12.1 Å². The third kappa shape index (κ3) is 5.44. The minimum atomic E-state index is -1.32. The number of Topliss-reactive ketones (excluding diaryl/α,β-unsaturated/α-hetero) is 1. The van der Waals surface area contributed by atoms with Crippen molar-refractivity contribution >= 4 is 11.7 Å². The maximum absolute atomic E-state index is 12.4. The quantitative estimate of drug-likeness (QED) is 0.425. The molecule has 0 saturated heterocycles. The number of rotatable bonds is 12. The molecule has 1 amide bonds. The molecule has 0 aromatic carbocycles. The first-order chi connectivity index (χ1) is 11.3. The molecule has 1 unspecified atom stereocenters. The Hall–Kier alpha value is -1.16. The molecule has 4 heteroatoms. The molecule has 1 rings (SSSR count). The summed E-state index contributed by atoms with van der Waals surface area (Å²) in [6, 6.07) is 0. The summed E-state index contributed by atoms with van der Waals surface area (Å²) in [5.74, 6) is -0.579. The highest BCUT2D eigenvalue weighted by Gasteiger charge is 2.45. The van der Waals surface area contributed by atoms with E-state index in [1.165, 1.54) is 63.2 Å². The topological polar surface area (TPSA) is 57.6 Å². The zero-order valence-electron chi connectivity index (χ0n) is 16.0. The Morgan fingerprint density at radius 1 is 1.00 bits per heavy atom. The highest BCUT2D eigenvalue weighted by molar-refractivity contribution is 6.21. The first-order valence-electron chi connectivity index (χ1n) is 9.60. The van der Waals surface area contributed by atoms with Gasteiger partial charge in [0.2, 0.25) is 0 Å². The monoisotopic (exact) mass is 337 g/mol. The molecule has 4 nitrogen and oxygen atoms in total. The van der Waals surface area contributed by atoms with Crippen LogP contribution in [0.25, 0.3) is 0 Å². The maximum Gasteiger partial charge on any atom is 0.260 e. The summed E-state index contributed by atoms with van der Waals surface area (Å²) in [7, 11) is 0. The van der Waals surface area contributed by atoms with Crippen LogP contribution in [0.2, 0.25) is 0 Å². The van der Waals surface area contributed by atoms with Crippen molar-refractivity contribution in [3.05, 3.63) is 11.1 Å². The van der Waals surface area contributed by atoms with Gasteiger partial charge in [-0.25, -0.2) is 0 Å². The van der Waals surface area contributed by atoms with Crippen molar-refractivity contribution in [1.29, 1.82) is 0 Å². The van der Waals surface area contributed by atoms with Crippen molar-refractivity contribution in [3.8, 4) is 0 Å². The van der Waals surface area contributed by atoms with Gasteiger partial charge in [0.1, 0.15) is 0 Å². The van der Waals surface area contributed by atoms with Crippen LogP contribution in [-0.4, -0.2) is 34.0 Å². The number of ketones is 1. The largest absolute Gasteiger partial charge is 0.367 e. The molecule has 1 heterocycles. The first kappa shape index (κ1) is 20.9. The highest BCUT2D eigenvalue weighted by Crippen LogP contribution is 2.33. The predicted octanol–water partition coefficient (Wildman–Crippen LogP) is 4.36. The van der Waals surface area contributed by atoms with Crippen molar-refractivity contribution in [3.63, 3.8) is 0 Å². The predicted molar refractivity (Wildman–Crippen MR) is 97.6 cm³/mol. The molecule has 1 N–H and O–H groups in total. The molecule has 1 aliphatic rings. The van der Waals surface area contributed by atoms with Gasteiger partial charge in [-0.2, -0.15) is 0 Å². The summed E-state index contributed by atoms with van der Waals surface area (Å²) in [5.41, 5.74) is -0.684. The number of amides is 1. The van der Waals surface area contributed by atoms with Crippen LogP contribution in [0.3, 0.4) is 0 Å². The van der Waals surface area contributed by atoms with Crippen LogP contribution in [0.15, 0.2) is 11.1 Å². The third-order valence-corrected chi connectivity index (χ3v) is 5.16. The van der Waals surface area contributed by atoms with E-state index in [2.05, 4.69) is 6.92 Å². The number of hydrogen-bond donors (Lipinski definition) is 1. The summed E-state index contributed by atoms with van der Waals surface area (Å²) in [6.07, 6.45) is 12.3. The number of carbonyl (C=O) groups excluding carboxylic acids is 2. The molecule has 0 radical (unpaired) electrons. The number of nitrogens with zero attached hydrogens (tertiary/aromatic N) is 1. The van der Waals surface area contributed by atoms with Crippen molar-refractivity contribution < 1.29 is 14.7 Å². The summed E-state index contributed by atoms with van der Waals surface area (Å²) in [5, 5.41) is 10.6. The van der Waals surface area contributed by atoms with E-state index in [1.54, 1.807) is 13.8 Å². The number of aliphatic hydroxyl groups is 1. The average Bonchev–Trinajstić information content (AvgIpc) is 2.68. The lowest BCUT2D eigenvalue weighted by molar-refractivity contribution is -0.141. The Morgan fingerprint density at radius 2 is 1.46 bits per heavy atom. The molecule has 0 aromatic rings. The van der Waals surface area contributed by atoms with Gasteiger partial charge in [0, 0.05) is 6.54 Å². The summed E-state index contributed by atoms with van der Waals surface area (Å²) >= 11 is 0. The zero-order chi connectivity index (χ0) is 18.2. The van der Waals surface area contributed by atoms with Gasteiger partial charge < -0.3 is 10.0 Å². The maximum atomic E-state index is 12.4. The molecular weight excluding hydrogens is 302 g/mol. The lowest BCUT2D eigenvalue weighted by atomic mass is 10.0. The molecule has 0 saturated carbocycles. The Balaban J connectivity index is 2.24. The van der Waals surface area contributed by atoms with Crippen molar-refractivity contribution in [1.82, 2.24) is 4.90 Å². The highest BCUT2D eigenvalue weighted by atomic mass is 16.3. The van der Waals surface area contributed by atoms with Gasteiger partial charge >= 0.3 is 0 Å². The van der Waals surface area contributed by atoms with Crippen LogP contribution in [0.4, 0.5) is 0 Å². The normalized spacial score (nSPS) is 21.0. The van der Waals surface area contributed by atoms with Gasteiger partial charge in [-0.15, -0.1) is 0 Å².